The summed E-state index contributed by atoms with van der Waals surface area (Å²) in [7, 11) is 0. The topological polar surface area (TPSA) is 86.4 Å². The maximum absolute atomic E-state index is 14.2. The maximum Gasteiger partial charge on any atom is 0.181 e. The van der Waals surface area contributed by atoms with Gasteiger partial charge in [-0.15, -0.1) is 0 Å². The lowest BCUT2D eigenvalue weighted by Gasteiger charge is -2.26. The molecule has 7 nitrogen and oxygen atoms in total. The lowest BCUT2D eigenvalue weighted by Crippen LogP contribution is -2.29. The molecule has 0 bridgehead atoms. The predicted octanol–water partition coefficient (Wildman–Crippen LogP) is 6.66. The Balaban J connectivity index is 1.26. The lowest BCUT2D eigenvalue weighted by atomic mass is 10.0. The second-order valence-corrected chi connectivity index (χ2v) is 10.4. The summed E-state index contributed by atoms with van der Waals surface area (Å²) in [6.07, 6.45) is 11.3. The van der Waals surface area contributed by atoms with Gasteiger partial charge in [-0.1, -0.05) is 12.5 Å². The molecule has 7 rings (SSSR count). The van der Waals surface area contributed by atoms with Crippen molar-refractivity contribution in [3.8, 4) is 33.6 Å². The standard InChI is InChI=1S/C31H28FN7/c1-19-9-21(12-24(32)10-19)25-5-6-34-30-26(25)14-28(36-30)29-27-13-23(17-35-31(27)38-37-29)22-11-20(15-33-16-22)18-39-7-3-2-4-8-39/h5-6,9-17H,2-4,7-8,18H2,1H3,(H,34,36)(H,35,37,38). The van der Waals surface area contributed by atoms with Crippen molar-refractivity contribution in [3.63, 3.8) is 0 Å². The highest BCUT2D eigenvalue weighted by Crippen LogP contribution is 2.34. The minimum Gasteiger partial charge on any atom is -0.338 e. The largest absolute Gasteiger partial charge is 0.338 e. The molecule has 0 aliphatic carbocycles. The molecule has 1 saturated heterocycles. The Morgan fingerprint density at radius 3 is 2.62 bits per heavy atom. The van der Waals surface area contributed by atoms with Crippen molar-refractivity contribution in [2.75, 3.05) is 13.1 Å². The molecule has 0 spiro atoms. The number of nitrogens with zero attached hydrogens (tertiary/aromatic N) is 5. The fourth-order valence-corrected chi connectivity index (χ4v) is 5.68. The third-order valence-electron chi connectivity index (χ3n) is 7.55. The number of aromatic nitrogens is 6. The van der Waals surface area contributed by atoms with Crippen LogP contribution in [0.3, 0.4) is 0 Å². The van der Waals surface area contributed by atoms with Gasteiger partial charge in [-0.25, -0.2) is 14.4 Å². The number of rotatable bonds is 5. The number of piperidine rings is 1. The second-order valence-electron chi connectivity index (χ2n) is 10.4. The van der Waals surface area contributed by atoms with Gasteiger partial charge in [0.15, 0.2) is 5.65 Å². The summed E-state index contributed by atoms with van der Waals surface area (Å²) in [4.78, 5) is 19.6. The Kier molecular flexibility index (Phi) is 5.89. The van der Waals surface area contributed by atoms with Crippen LogP contribution in [0.2, 0.25) is 0 Å². The van der Waals surface area contributed by atoms with Crippen LogP contribution in [0.25, 0.3) is 55.7 Å². The third-order valence-corrected chi connectivity index (χ3v) is 7.55. The van der Waals surface area contributed by atoms with Gasteiger partial charge in [0.2, 0.25) is 0 Å². The summed E-state index contributed by atoms with van der Waals surface area (Å²) in [5.41, 5.74) is 8.89. The predicted molar refractivity (Wildman–Crippen MR) is 151 cm³/mol. The number of halogens is 1. The number of hydrogen-bond acceptors (Lipinski definition) is 5. The molecule has 194 valence electrons. The average Bonchev–Trinajstić information content (AvgIpc) is 3.57. The summed E-state index contributed by atoms with van der Waals surface area (Å²) in [5.74, 6) is -0.252. The molecule has 1 fully saturated rings. The quantitative estimate of drug-likeness (QED) is 0.267. The highest BCUT2D eigenvalue weighted by atomic mass is 19.1. The highest BCUT2D eigenvalue weighted by Gasteiger charge is 2.16. The Morgan fingerprint density at radius 1 is 0.872 bits per heavy atom. The third kappa shape index (κ3) is 4.57. The summed E-state index contributed by atoms with van der Waals surface area (Å²) < 4.78 is 14.2. The number of aryl methyl sites for hydroxylation is 1. The molecular weight excluding hydrogens is 489 g/mol. The Morgan fingerprint density at radius 2 is 1.74 bits per heavy atom. The maximum atomic E-state index is 14.2. The zero-order chi connectivity index (χ0) is 26.3. The van der Waals surface area contributed by atoms with Gasteiger partial charge in [-0.05, 0) is 91.5 Å². The molecule has 2 N–H and O–H groups in total. The molecule has 0 saturated carbocycles. The number of hydrogen-bond donors (Lipinski definition) is 2. The first-order valence-electron chi connectivity index (χ1n) is 13.4. The second kappa shape index (κ2) is 9.71. The van der Waals surface area contributed by atoms with E-state index in [1.54, 1.807) is 12.3 Å². The fourth-order valence-electron chi connectivity index (χ4n) is 5.68. The van der Waals surface area contributed by atoms with Crippen LogP contribution in [0.15, 0.2) is 67.3 Å². The number of aromatic amines is 2. The van der Waals surface area contributed by atoms with Gasteiger partial charge in [0.05, 0.1) is 11.4 Å². The zero-order valence-corrected chi connectivity index (χ0v) is 21.7. The van der Waals surface area contributed by atoms with Crippen LogP contribution in [0.1, 0.15) is 30.4 Å². The van der Waals surface area contributed by atoms with E-state index in [0.717, 1.165) is 75.3 Å². The van der Waals surface area contributed by atoms with Crippen molar-refractivity contribution in [3.05, 3.63) is 84.2 Å². The number of fused-ring (bicyclic) bond motifs is 2. The molecule has 6 aromatic rings. The number of nitrogens with one attached hydrogen (secondary N) is 2. The molecule has 1 aliphatic rings. The summed E-state index contributed by atoms with van der Waals surface area (Å²) >= 11 is 0. The summed E-state index contributed by atoms with van der Waals surface area (Å²) in [6, 6.07) is 13.4. The molecule has 39 heavy (non-hydrogen) atoms. The van der Waals surface area contributed by atoms with Gasteiger partial charge < -0.3 is 4.98 Å². The van der Waals surface area contributed by atoms with E-state index in [2.05, 4.69) is 47.2 Å². The number of pyridine rings is 3. The number of H-pyrrole nitrogens is 2. The Labute approximate surface area is 225 Å². The van der Waals surface area contributed by atoms with Crippen molar-refractivity contribution in [1.82, 2.24) is 35.0 Å². The van der Waals surface area contributed by atoms with E-state index in [4.69, 9.17) is 0 Å². The number of likely N-dealkylation sites (tertiary alicyclic amines) is 1. The molecule has 5 aromatic heterocycles. The van der Waals surface area contributed by atoms with Crippen LogP contribution in [0, 0.1) is 12.7 Å². The van der Waals surface area contributed by atoms with Crippen LogP contribution in [-0.4, -0.2) is 48.1 Å². The minimum absolute atomic E-state index is 0.252. The molecule has 6 heterocycles. The van der Waals surface area contributed by atoms with Crippen LogP contribution >= 0.6 is 0 Å². The van der Waals surface area contributed by atoms with E-state index in [9.17, 15) is 4.39 Å². The monoisotopic (exact) mass is 517 g/mol. The Hall–Kier alpha value is -4.43. The molecule has 1 aliphatic heterocycles. The van der Waals surface area contributed by atoms with Gasteiger partial charge in [0, 0.05) is 53.2 Å². The van der Waals surface area contributed by atoms with E-state index in [0.29, 0.717) is 5.65 Å². The van der Waals surface area contributed by atoms with E-state index in [1.165, 1.54) is 30.9 Å². The van der Waals surface area contributed by atoms with Crippen LogP contribution in [0.5, 0.6) is 0 Å². The fraction of sp³-hybridized carbons (Fsp3) is 0.226. The zero-order valence-electron chi connectivity index (χ0n) is 21.7. The van der Waals surface area contributed by atoms with Crippen LogP contribution in [-0.2, 0) is 6.54 Å². The van der Waals surface area contributed by atoms with Crippen molar-refractivity contribution >= 4 is 22.1 Å². The molecule has 0 amide bonds. The van der Waals surface area contributed by atoms with Crippen LogP contribution < -0.4 is 0 Å². The van der Waals surface area contributed by atoms with Crippen LogP contribution in [0.4, 0.5) is 4.39 Å². The molecule has 0 radical (unpaired) electrons. The van der Waals surface area contributed by atoms with Gasteiger partial charge in [0.1, 0.15) is 11.5 Å². The summed E-state index contributed by atoms with van der Waals surface area (Å²) in [5, 5.41) is 9.43. The van der Waals surface area contributed by atoms with Crippen molar-refractivity contribution < 1.29 is 4.39 Å². The van der Waals surface area contributed by atoms with Gasteiger partial charge in [0.25, 0.3) is 0 Å². The summed E-state index contributed by atoms with van der Waals surface area (Å²) in [6.45, 7) is 5.11. The molecule has 0 atom stereocenters. The van der Waals surface area contributed by atoms with E-state index in [1.807, 2.05) is 43.7 Å². The lowest BCUT2D eigenvalue weighted by molar-refractivity contribution is 0.220. The first kappa shape index (κ1) is 23.7. The molecule has 8 heteroatoms. The smallest absolute Gasteiger partial charge is 0.181 e. The first-order valence-corrected chi connectivity index (χ1v) is 13.4. The first-order chi connectivity index (χ1) is 19.1. The van der Waals surface area contributed by atoms with Crippen molar-refractivity contribution in [1.29, 1.82) is 0 Å². The van der Waals surface area contributed by atoms with Gasteiger partial charge >= 0.3 is 0 Å². The highest BCUT2D eigenvalue weighted by molar-refractivity contribution is 5.99. The van der Waals surface area contributed by atoms with Crippen molar-refractivity contribution in [2.24, 2.45) is 0 Å². The van der Waals surface area contributed by atoms with Gasteiger partial charge in [-0.3, -0.25) is 15.0 Å². The SMILES string of the molecule is Cc1cc(F)cc(-c2ccnc3[nH]c(-c4[nH]nc5ncc(-c6cncc(CN7CCCCC7)c6)cc45)cc23)c1. The molecular formula is C31H28FN7. The molecule has 0 unspecified atom stereocenters. The number of benzene rings is 1. The average molecular weight is 518 g/mol. The molecule has 1 aromatic carbocycles. The van der Waals surface area contributed by atoms with E-state index >= 15 is 0 Å². The minimum atomic E-state index is -0.252. The van der Waals surface area contributed by atoms with Gasteiger partial charge in [-0.2, -0.15) is 5.10 Å². The van der Waals surface area contributed by atoms with Crippen molar-refractivity contribution in [2.45, 2.75) is 32.7 Å². The Bertz CT molecular complexity index is 1790. The normalized spacial score (nSPS) is 14.4. The van der Waals surface area contributed by atoms with E-state index in [-0.39, 0.29) is 5.82 Å². The van der Waals surface area contributed by atoms with E-state index < -0.39 is 0 Å².